The summed E-state index contributed by atoms with van der Waals surface area (Å²) < 4.78 is 34.6. The number of aromatic nitrogens is 2. The molecule has 8 heteroatoms. The first-order valence-corrected chi connectivity index (χ1v) is 3.95. The normalized spacial score (nSPS) is 11.9. The van der Waals surface area contributed by atoms with Crippen LogP contribution < -0.4 is 5.73 Å². The predicted octanol–water partition coefficient (Wildman–Crippen LogP) is 1.73. The van der Waals surface area contributed by atoms with Gasteiger partial charge in [0.2, 0.25) is 5.13 Å². The van der Waals surface area contributed by atoms with E-state index in [0.717, 1.165) is 0 Å². The minimum Gasteiger partial charge on any atom is -0.374 e. The minimum atomic E-state index is -4.31. The molecule has 0 saturated heterocycles. The molecular formula is C3H2F3N3S2. The van der Waals surface area contributed by atoms with Gasteiger partial charge < -0.3 is 5.73 Å². The van der Waals surface area contributed by atoms with Crippen molar-refractivity contribution >= 4 is 28.2 Å². The molecule has 0 spiro atoms. The molecular weight excluding hydrogens is 199 g/mol. The van der Waals surface area contributed by atoms with Gasteiger partial charge in [0.05, 0.1) is 0 Å². The average Bonchev–Trinajstić information content (AvgIpc) is 2.10. The number of nitrogens with zero attached hydrogens (tertiary/aromatic N) is 2. The minimum absolute atomic E-state index is 0.0387. The summed E-state index contributed by atoms with van der Waals surface area (Å²) in [6.45, 7) is 0. The zero-order chi connectivity index (χ0) is 8.48. The van der Waals surface area contributed by atoms with Gasteiger partial charge in [-0.2, -0.15) is 13.2 Å². The second kappa shape index (κ2) is 2.86. The van der Waals surface area contributed by atoms with Gasteiger partial charge in [-0.05, 0) is 0 Å². The van der Waals surface area contributed by atoms with E-state index in [9.17, 15) is 13.2 Å². The highest BCUT2D eigenvalue weighted by Gasteiger charge is 2.31. The number of halogens is 3. The number of nitrogen functional groups attached to an aromatic ring is 1. The summed E-state index contributed by atoms with van der Waals surface area (Å²) in [7, 11) is 0. The SMILES string of the molecule is Nc1nnc(SC(F)(F)F)s1. The molecule has 0 bridgehead atoms. The van der Waals surface area contributed by atoms with Crippen LogP contribution in [0.15, 0.2) is 4.34 Å². The highest BCUT2D eigenvalue weighted by atomic mass is 32.2. The van der Waals surface area contributed by atoms with Crippen LogP contribution in [0, 0.1) is 0 Å². The van der Waals surface area contributed by atoms with Crippen LogP contribution in [-0.4, -0.2) is 15.7 Å². The first-order valence-electron chi connectivity index (χ1n) is 2.32. The monoisotopic (exact) mass is 201 g/mol. The lowest BCUT2D eigenvalue weighted by atomic mass is 11.3. The maximum Gasteiger partial charge on any atom is 0.448 e. The molecule has 0 amide bonds. The molecule has 1 aromatic heterocycles. The number of anilines is 1. The lowest BCUT2D eigenvalue weighted by Gasteiger charge is -1.98. The Morgan fingerprint density at radius 3 is 2.36 bits per heavy atom. The Labute approximate surface area is 67.8 Å². The standard InChI is InChI=1S/C3H2F3N3S2/c4-3(5,6)11-2-9-8-1(7)10-2/h(H2,7,8). The summed E-state index contributed by atoms with van der Waals surface area (Å²) >= 11 is 0.400. The van der Waals surface area contributed by atoms with Crippen LogP contribution in [0.2, 0.25) is 0 Å². The molecule has 1 rings (SSSR count). The van der Waals surface area contributed by atoms with E-state index in [1.54, 1.807) is 0 Å². The molecule has 0 fully saturated rings. The van der Waals surface area contributed by atoms with Gasteiger partial charge in [-0.3, -0.25) is 0 Å². The Balaban J connectivity index is 2.65. The van der Waals surface area contributed by atoms with Crippen LogP contribution in [0.3, 0.4) is 0 Å². The van der Waals surface area contributed by atoms with Crippen molar-refractivity contribution in [2.24, 2.45) is 0 Å². The number of hydrogen-bond donors (Lipinski definition) is 1. The second-order valence-electron chi connectivity index (χ2n) is 1.45. The van der Waals surface area contributed by atoms with Crippen molar-refractivity contribution in [2.45, 2.75) is 9.85 Å². The summed E-state index contributed by atoms with van der Waals surface area (Å²) in [5.41, 5.74) is 0.748. The second-order valence-corrected chi connectivity index (χ2v) is 3.78. The highest BCUT2D eigenvalue weighted by Crippen LogP contribution is 2.38. The Morgan fingerprint density at radius 1 is 1.36 bits per heavy atom. The molecule has 0 radical (unpaired) electrons. The average molecular weight is 201 g/mol. The zero-order valence-corrected chi connectivity index (χ0v) is 6.56. The van der Waals surface area contributed by atoms with Crippen LogP contribution in [0.1, 0.15) is 0 Å². The van der Waals surface area contributed by atoms with Gasteiger partial charge in [0.25, 0.3) is 0 Å². The number of alkyl halides is 3. The summed E-state index contributed by atoms with van der Waals surface area (Å²) in [6, 6.07) is 0. The van der Waals surface area contributed by atoms with Gasteiger partial charge in [0, 0.05) is 11.8 Å². The summed E-state index contributed by atoms with van der Waals surface area (Å²) in [5, 5.41) is 6.45. The van der Waals surface area contributed by atoms with Crippen LogP contribution in [-0.2, 0) is 0 Å². The van der Waals surface area contributed by atoms with Crippen molar-refractivity contribution in [1.82, 2.24) is 10.2 Å². The van der Waals surface area contributed by atoms with Gasteiger partial charge in [-0.25, -0.2) is 0 Å². The molecule has 11 heavy (non-hydrogen) atoms. The Bertz CT molecular complexity index is 244. The fraction of sp³-hybridized carbons (Fsp3) is 0.333. The largest absolute Gasteiger partial charge is 0.448 e. The van der Waals surface area contributed by atoms with Gasteiger partial charge in [0.1, 0.15) is 0 Å². The fourth-order valence-electron chi connectivity index (χ4n) is 0.361. The van der Waals surface area contributed by atoms with Crippen LogP contribution in [0.25, 0.3) is 0 Å². The van der Waals surface area contributed by atoms with Crippen molar-refractivity contribution in [3.8, 4) is 0 Å². The molecule has 3 nitrogen and oxygen atoms in total. The molecule has 0 aromatic carbocycles. The van der Waals surface area contributed by atoms with Crippen molar-refractivity contribution in [3.05, 3.63) is 0 Å². The fourth-order valence-corrected chi connectivity index (χ4v) is 1.69. The Kier molecular flexibility index (Phi) is 2.23. The predicted molar refractivity (Wildman–Crippen MR) is 36.2 cm³/mol. The first-order chi connectivity index (χ1) is 4.97. The van der Waals surface area contributed by atoms with Gasteiger partial charge in [0.15, 0.2) is 4.34 Å². The quantitative estimate of drug-likeness (QED) is 0.703. The molecule has 0 aliphatic rings. The van der Waals surface area contributed by atoms with Crippen LogP contribution >= 0.6 is 23.1 Å². The van der Waals surface area contributed by atoms with E-state index in [0.29, 0.717) is 11.3 Å². The molecule has 0 unspecified atom stereocenters. The van der Waals surface area contributed by atoms with Crippen molar-refractivity contribution in [1.29, 1.82) is 0 Å². The first kappa shape index (κ1) is 8.60. The smallest absolute Gasteiger partial charge is 0.374 e. The summed E-state index contributed by atoms with van der Waals surface area (Å²) in [6.07, 6.45) is 0. The number of thioether (sulfide) groups is 1. The van der Waals surface area contributed by atoms with E-state index in [4.69, 9.17) is 5.73 Å². The lowest BCUT2D eigenvalue weighted by molar-refractivity contribution is -0.0328. The van der Waals surface area contributed by atoms with E-state index in [1.807, 2.05) is 0 Å². The molecule has 1 heterocycles. The molecule has 2 N–H and O–H groups in total. The third-order valence-electron chi connectivity index (χ3n) is 0.625. The summed E-state index contributed by atoms with van der Waals surface area (Å²) in [4.78, 5) is 0. The molecule has 1 aromatic rings. The number of rotatable bonds is 1. The molecule has 0 aliphatic carbocycles. The highest BCUT2D eigenvalue weighted by molar-refractivity contribution is 8.01. The topological polar surface area (TPSA) is 51.8 Å². The van der Waals surface area contributed by atoms with Crippen molar-refractivity contribution < 1.29 is 13.2 Å². The summed E-state index contributed by atoms with van der Waals surface area (Å²) in [5.74, 6) is 0. The molecule has 0 saturated carbocycles. The van der Waals surface area contributed by atoms with E-state index in [-0.39, 0.29) is 21.2 Å². The molecule has 0 atom stereocenters. The van der Waals surface area contributed by atoms with Crippen molar-refractivity contribution in [2.75, 3.05) is 5.73 Å². The van der Waals surface area contributed by atoms with E-state index in [1.165, 1.54) is 0 Å². The van der Waals surface area contributed by atoms with E-state index in [2.05, 4.69) is 10.2 Å². The molecule has 0 aliphatic heterocycles. The number of hydrogen-bond acceptors (Lipinski definition) is 5. The Morgan fingerprint density at radius 2 is 2.00 bits per heavy atom. The lowest BCUT2D eigenvalue weighted by Crippen LogP contribution is -1.98. The van der Waals surface area contributed by atoms with Crippen LogP contribution in [0.5, 0.6) is 0 Å². The number of nitrogens with two attached hydrogens (primary N) is 1. The Hall–Kier alpha value is -0.500. The van der Waals surface area contributed by atoms with Crippen molar-refractivity contribution in [3.63, 3.8) is 0 Å². The van der Waals surface area contributed by atoms with Gasteiger partial charge in [-0.1, -0.05) is 11.3 Å². The maximum atomic E-state index is 11.6. The molecule has 62 valence electrons. The van der Waals surface area contributed by atoms with Gasteiger partial charge in [-0.15, -0.1) is 10.2 Å². The van der Waals surface area contributed by atoms with Gasteiger partial charge >= 0.3 is 5.51 Å². The maximum absolute atomic E-state index is 11.6. The van der Waals surface area contributed by atoms with E-state index < -0.39 is 5.51 Å². The zero-order valence-electron chi connectivity index (χ0n) is 4.92. The van der Waals surface area contributed by atoms with E-state index >= 15 is 0 Å². The van der Waals surface area contributed by atoms with Crippen LogP contribution in [0.4, 0.5) is 18.3 Å². The third kappa shape index (κ3) is 2.93. The third-order valence-corrected chi connectivity index (χ3v) is 2.16.